The van der Waals surface area contributed by atoms with E-state index in [0.29, 0.717) is 17.2 Å². The summed E-state index contributed by atoms with van der Waals surface area (Å²) in [6.07, 6.45) is 3.35. The number of thiophene rings is 1. The first-order valence-electron chi connectivity index (χ1n) is 9.46. The summed E-state index contributed by atoms with van der Waals surface area (Å²) in [5.41, 5.74) is 13.1. The van der Waals surface area contributed by atoms with Crippen molar-refractivity contribution in [3.05, 3.63) is 65.3 Å². The monoisotopic (exact) mass is 443 g/mol. The second-order valence-corrected chi connectivity index (χ2v) is 8.78. The summed E-state index contributed by atoms with van der Waals surface area (Å²) in [6.45, 7) is 0. The zero-order valence-corrected chi connectivity index (χ0v) is 17.5. The number of nitrogen functional groups attached to an aromatic ring is 1. The van der Waals surface area contributed by atoms with Crippen molar-refractivity contribution in [2.24, 2.45) is 0 Å². The molecule has 150 valence electrons. The number of nitrogens with two attached hydrogens (primary N) is 1. The number of aromatic nitrogens is 6. The van der Waals surface area contributed by atoms with E-state index < -0.39 is 0 Å². The third-order valence-corrected chi connectivity index (χ3v) is 6.30. The summed E-state index contributed by atoms with van der Waals surface area (Å²) in [5.74, 6) is 0.645. The van der Waals surface area contributed by atoms with E-state index in [2.05, 4.69) is 20.2 Å². The van der Waals surface area contributed by atoms with Crippen LogP contribution >= 0.6 is 22.9 Å². The number of halogens is 1. The van der Waals surface area contributed by atoms with Crippen molar-refractivity contribution in [2.45, 2.75) is 0 Å². The molecule has 7 nitrogen and oxygen atoms in total. The van der Waals surface area contributed by atoms with E-state index in [4.69, 9.17) is 27.3 Å². The lowest BCUT2D eigenvalue weighted by Crippen LogP contribution is -1.90. The van der Waals surface area contributed by atoms with Crippen molar-refractivity contribution in [1.29, 1.82) is 0 Å². The second kappa shape index (κ2) is 6.90. The first kappa shape index (κ1) is 18.1. The van der Waals surface area contributed by atoms with Crippen LogP contribution in [0, 0.1) is 0 Å². The molecule has 0 aliphatic heterocycles. The second-order valence-electron chi connectivity index (χ2n) is 7.06. The van der Waals surface area contributed by atoms with Crippen LogP contribution in [0.3, 0.4) is 0 Å². The fraction of sp³-hybridized carbons (Fsp3) is 0. The minimum Gasteiger partial charge on any atom is -0.397 e. The third kappa shape index (κ3) is 3.04. The minimum atomic E-state index is 0.588. The van der Waals surface area contributed by atoms with Gasteiger partial charge in [0, 0.05) is 28.4 Å². The summed E-state index contributed by atoms with van der Waals surface area (Å²) in [6, 6.07) is 15.6. The Morgan fingerprint density at radius 3 is 2.71 bits per heavy atom. The third-order valence-electron chi connectivity index (χ3n) is 5.04. The van der Waals surface area contributed by atoms with Crippen LogP contribution in [0.15, 0.2) is 60.9 Å². The summed E-state index contributed by atoms with van der Waals surface area (Å²) in [7, 11) is 0. The highest BCUT2D eigenvalue weighted by Gasteiger charge is 2.17. The van der Waals surface area contributed by atoms with Gasteiger partial charge in [-0.25, -0.2) is 9.97 Å². The van der Waals surface area contributed by atoms with E-state index in [1.807, 2.05) is 48.5 Å². The average Bonchev–Trinajstić information content (AvgIpc) is 3.50. The van der Waals surface area contributed by atoms with Gasteiger partial charge in [-0.2, -0.15) is 5.10 Å². The number of nitrogens with zero attached hydrogens (tertiary/aromatic N) is 4. The van der Waals surface area contributed by atoms with Crippen LogP contribution in [0.4, 0.5) is 5.69 Å². The van der Waals surface area contributed by atoms with Gasteiger partial charge < -0.3 is 10.7 Å². The standard InChI is InChI=1S/C22H14ClN7S/c23-18-7-6-17(31-18)13-2-1-3-15-19(13)28-22(27-15)21-20-16(29-30-21)5-4-14(26-20)11-8-12(24)10-25-9-11/h1-10H,24H2,(H,27,28)(H,29,30). The quantitative estimate of drug-likeness (QED) is 0.333. The summed E-state index contributed by atoms with van der Waals surface area (Å²) in [4.78, 5) is 18.3. The molecule has 0 atom stereocenters. The highest BCUT2D eigenvalue weighted by molar-refractivity contribution is 7.19. The zero-order valence-electron chi connectivity index (χ0n) is 15.9. The molecule has 6 aromatic rings. The molecule has 0 aliphatic carbocycles. The van der Waals surface area contributed by atoms with Gasteiger partial charge in [-0.3, -0.25) is 10.1 Å². The van der Waals surface area contributed by atoms with Gasteiger partial charge in [0.15, 0.2) is 11.5 Å². The first-order chi connectivity index (χ1) is 15.2. The zero-order chi connectivity index (χ0) is 20.9. The van der Waals surface area contributed by atoms with Gasteiger partial charge in [-0.05, 0) is 36.4 Å². The maximum Gasteiger partial charge on any atom is 0.161 e. The van der Waals surface area contributed by atoms with Gasteiger partial charge in [0.25, 0.3) is 0 Å². The number of hydrogen-bond donors (Lipinski definition) is 3. The number of rotatable bonds is 3. The molecule has 31 heavy (non-hydrogen) atoms. The Balaban J connectivity index is 1.51. The smallest absolute Gasteiger partial charge is 0.161 e. The number of pyridine rings is 2. The topological polar surface area (TPSA) is 109 Å². The van der Waals surface area contributed by atoms with E-state index in [1.54, 1.807) is 12.4 Å². The predicted molar refractivity (Wildman–Crippen MR) is 125 cm³/mol. The number of imidazole rings is 1. The number of benzene rings is 1. The maximum atomic E-state index is 6.14. The number of nitrogens with one attached hydrogen (secondary N) is 2. The lowest BCUT2D eigenvalue weighted by atomic mass is 10.1. The predicted octanol–water partition coefficient (Wildman–Crippen LogP) is 5.53. The molecule has 0 saturated heterocycles. The Morgan fingerprint density at radius 2 is 1.87 bits per heavy atom. The highest BCUT2D eigenvalue weighted by Crippen LogP contribution is 2.36. The lowest BCUT2D eigenvalue weighted by Gasteiger charge is -2.02. The van der Waals surface area contributed by atoms with Crippen LogP contribution in [0.5, 0.6) is 0 Å². The molecule has 5 heterocycles. The lowest BCUT2D eigenvalue weighted by molar-refractivity contribution is 1.10. The normalized spacial score (nSPS) is 11.5. The minimum absolute atomic E-state index is 0.588. The van der Waals surface area contributed by atoms with Gasteiger partial charge in [-0.15, -0.1) is 11.3 Å². The number of hydrogen-bond acceptors (Lipinski definition) is 6. The van der Waals surface area contributed by atoms with Crippen LogP contribution in [-0.4, -0.2) is 30.1 Å². The van der Waals surface area contributed by atoms with Crippen LogP contribution in [-0.2, 0) is 0 Å². The van der Waals surface area contributed by atoms with Gasteiger partial charge in [0.2, 0.25) is 0 Å². The number of anilines is 1. The number of para-hydroxylation sites is 1. The molecule has 0 fully saturated rings. The highest BCUT2D eigenvalue weighted by atomic mass is 35.5. The van der Waals surface area contributed by atoms with Crippen LogP contribution in [0.25, 0.3) is 55.3 Å². The Hall–Kier alpha value is -3.75. The molecule has 5 aromatic heterocycles. The first-order valence-corrected chi connectivity index (χ1v) is 10.7. The SMILES string of the molecule is Nc1cncc(-c2ccc3[nH]nc(-c4nc5c(-c6ccc(Cl)s6)cccc5[nH]4)c3n2)c1. The summed E-state index contributed by atoms with van der Waals surface area (Å²) >= 11 is 7.67. The molecular formula is C22H14ClN7S. The van der Waals surface area contributed by atoms with E-state index in [1.165, 1.54) is 11.3 Å². The summed E-state index contributed by atoms with van der Waals surface area (Å²) < 4.78 is 0.744. The van der Waals surface area contributed by atoms with Crippen molar-refractivity contribution in [1.82, 2.24) is 30.1 Å². The van der Waals surface area contributed by atoms with Crippen molar-refractivity contribution in [2.75, 3.05) is 5.73 Å². The van der Waals surface area contributed by atoms with Gasteiger partial charge in [-0.1, -0.05) is 23.7 Å². The number of fused-ring (bicyclic) bond motifs is 2. The molecule has 0 bridgehead atoms. The van der Waals surface area contributed by atoms with E-state index in [0.717, 1.165) is 48.1 Å². The molecular weight excluding hydrogens is 430 g/mol. The van der Waals surface area contributed by atoms with Crippen molar-refractivity contribution < 1.29 is 0 Å². The van der Waals surface area contributed by atoms with Crippen LogP contribution < -0.4 is 5.73 Å². The molecule has 0 radical (unpaired) electrons. The average molecular weight is 444 g/mol. The van der Waals surface area contributed by atoms with Crippen molar-refractivity contribution >= 4 is 50.7 Å². The van der Waals surface area contributed by atoms with Gasteiger partial charge in [0.1, 0.15) is 5.52 Å². The largest absolute Gasteiger partial charge is 0.397 e. The molecule has 0 unspecified atom stereocenters. The number of aromatic amines is 2. The Labute approximate surface area is 185 Å². The molecule has 0 aliphatic rings. The Bertz CT molecular complexity index is 1580. The van der Waals surface area contributed by atoms with Gasteiger partial charge >= 0.3 is 0 Å². The molecule has 0 saturated carbocycles. The number of H-pyrrole nitrogens is 2. The molecule has 1 aromatic carbocycles. The molecule has 0 spiro atoms. The molecule has 6 rings (SSSR count). The fourth-order valence-electron chi connectivity index (χ4n) is 3.62. The molecule has 4 N–H and O–H groups in total. The van der Waals surface area contributed by atoms with E-state index >= 15 is 0 Å². The fourth-order valence-corrected chi connectivity index (χ4v) is 4.69. The van der Waals surface area contributed by atoms with Crippen molar-refractivity contribution in [3.8, 4) is 33.2 Å². The van der Waals surface area contributed by atoms with E-state index in [-0.39, 0.29) is 0 Å². The van der Waals surface area contributed by atoms with E-state index in [9.17, 15) is 0 Å². The molecule has 0 amide bonds. The van der Waals surface area contributed by atoms with Crippen LogP contribution in [0.2, 0.25) is 4.34 Å². The summed E-state index contributed by atoms with van der Waals surface area (Å²) in [5, 5.41) is 7.52. The molecule has 9 heteroatoms. The Kier molecular flexibility index (Phi) is 4.02. The van der Waals surface area contributed by atoms with Gasteiger partial charge in [0.05, 0.1) is 32.3 Å². The van der Waals surface area contributed by atoms with Crippen LogP contribution in [0.1, 0.15) is 0 Å². The maximum absolute atomic E-state index is 6.14. The van der Waals surface area contributed by atoms with Crippen molar-refractivity contribution in [3.63, 3.8) is 0 Å². The Morgan fingerprint density at radius 1 is 0.935 bits per heavy atom.